The Morgan fingerprint density at radius 2 is 1.83 bits per heavy atom. The molecule has 4 aliphatic rings. The van der Waals surface area contributed by atoms with Gasteiger partial charge in [-0.3, -0.25) is 4.79 Å². The van der Waals surface area contributed by atoms with E-state index in [4.69, 9.17) is 9.84 Å². The van der Waals surface area contributed by atoms with Gasteiger partial charge < -0.3 is 14.9 Å². The van der Waals surface area contributed by atoms with Gasteiger partial charge in [0.05, 0.1) is 12.5 Å². The average Bonchev–Trinajstić information content (AvgIpc) is 2.50. The molecule has 4 fully saturated rings. The van der Waals surface area contributed by atoms with E-state index < -0.39 is 11.4 Å². The first kappa shape index (κ1) is 16.5. The number of ether oxygens (including phenoxy) is 1. The SMILES string of the molecule is COC(=O)C12CC3CC(CO)(CC(CC=C(C)C(=O)O)(C3)C1)C2. The van der Waals surface area contributed by atoms with Crippen molar-refractivity contribution in [2.24, 2.45) is 22.2 Å². The van der Waals surface area contributed by atoms with Crippen molar-refractivity contribution in [3.63, 3.8) is 0 Å². The van der Waals surface area contributed by atoms with E-state index in [1.54, 1.807) is 13.0 Å². The number of hydrogen-bond donors (Lipinski definition) is 2. The highest BCUT2D eigenvalue weighted by atomic mass is 16.5. The number of carboxylic acid groups (broad SMARTS) is 1. The lowest BCUT2D eigenvalue weighted by Crippen LogP contribution is -2.60. The Balaban J connectivity index is 1.94. The topological polar surface area (TPSA) is 83.8 Å². The molecule has 0 aromatic heterocycles. The minimum Gasteiger partial charge on any atom is -0.478 e. The number of carbonyl (C=O) groups excluding carboxylic acids is 1. The molecule has 4 unspecified atom stereocenters. The number of carbonyl (C=O) groups is 2. The van der Waals surface area contributed by atoms with E-state index >= 15 is 0 Å². The second kappa shape index (κ2) is 5.33. The van der Waals surface area contributed by atoms with Crippen LogP contribution in [0, 0.1) is 22.2 Å². The van der Waals surface area contributed by atoms with Crippen LogP contribution >= 0.6 is 0 Å². The highest BCUT2D eigenvalue weighted by Gasteiger charge is 2.65. The molecule has 128 valence electrons. The van der Waals surface area contributed by atoms with Gasteiger partial charge in [-0.05, 0) is 68.6 Å². The van der Waals surface area contributed by atoms with Gasteiger partial charge in [0.2, 0.25) is 0 Å². The van der Waals surface area contributed by atoms with Crippen molar-refractivity contribution < 1.29 is 24.5 Å². The fourth-order valence-electron chi connectivity index (χ4n) is 6.15. The highest BCUT2D eigenvalue weighted by molar-refractivity contribution is 5.85. The lowest BCUT2D eigenvalue weighted by atomic mass is 9.39. The molecule has 23 heavy (non-hydrogen) atoms. The molecular formula is C18H26O5. The monoisotopic (exact) mass is 322 g/mol. The van der Waals surface area contributed by atoms with Gasteiger partial charge in [0.1, 0.15) is 0 Å². The number of rotatable bonds is 5. The van der Waals surface area contributed by atoms with Gasteiger partial charge in [0, 0.05) is 12.2 Å². The maximum atomic E-state index is 12.5. The zero-order valence-corrected chi connectivity index (χ0v) is 13.9. The normalized spacial score (nSPS) is 41.9. The van der Waals surface area contributed by atoms with Crippen LogP contribution in [0.4, 0.5) is 0 Å². The van der Waals surface area contributed by atoms with E-state index in [0.29, 0.717) is 24.3 Å². The minimum atomic E-state index is -0.894. The number of hydrogen-bond acceptors (Lipinski definition) is 4. The smallest absolute Gasteiger partial charge is 0.330 e. The molecule has 4 rings (SSSR count). The van der Waals surface area contributed by atoms with Crippen LogP contribution in [0.25, 0.3) is 0 Å². The van der Waals surface area contributed by atoms with Crippen LogP contribution in [0.5, 0.6) is 0 Å². The molecule has 2 N–H and O–H groups in total. The number of allylic oxidation sites excluding steroid dienone is 1. The number of methoxy groups -OCH3 is 1. The van der Waals surface area contributed by atoms with E-state index in [2.05, 4.69) is 0 Å². The molecule has 0 saturated heterocycles. The molecule has 4 bridgehead atoms. The third-order valence-corrected chi connectivity index (χ3v) is 6.43. The molecule has 0 spiro atoms. The summed E-state index contributed by atoms with van der Waals surface area (Å²) in [6.07, 6.45) is 7.67. The van der Waals surface area contributed by atoms with Crippen molar-refractivity contribution in [2.45, 2.75) is 51.9 Å². The Morgan fingerprint density at radius 3 is 2.43 bits per heavy atom. The summed E-state index contributed by atoms with van der Waals surface area (Å²) in [5, 5.41) is 19.1. The fourth-order valence-corrected chi connectivity index (χ4v) is 6.15. The third kappa shape index (κ3) is 2.59. The summed E-state index contributed by atoms with van der Waals surface area (Å²) in [5.74, 6) is -0.618. The van der Waals surface area contributed by atoms with Crippen LogP contribution in [-0.2, 0) is 14.3 Å². The van der Waals surface area contributed by atoms with Gasteiger partial charge in [-0.15, -0.1) is 0 Å². The molecule has 0 aromatic rings. The Hall–Kier alpha value is -1.36. The Kier molecular flexibility index (Phi) is 3.82. The molecule has 4 atom stereocenters. The van der Waals surface area contributed by atoms with E-state index in [1.807, 2.05) is 0 Å². The highest BCUT2D eigenvalue weighted by Crippen LogP contribution is 2.70. The first-order valence-corrected chi connectivity index (χ1v) is 8.37. The fraction of sp³-hybridized carbons (Fsp3) is 0.778. The van der Waals surface area contributed by atoms with Crippen molar-refractivity contribution in [2.75, 3.05) is 13.7 Å². The standard InChI is InChI=1S/C18H26O5/c1-12(14(20)21)3-4-16-5-13-6-17(8-16,11-19)10-18(7-13,9-16)15(22)23-2/h3,13,19H,4-11H2,1-2H3,(H,20,21). The minimum absolute atomic E-state index is 0.0763. The first-order valence-electron chi connectivity index (χ1n) is 8.37. The van der Waals surface area contributed by atoms with Crippen molar-refractivity contribution in [3.8, 4) is 0 Å². The molecule has 5 heteroatoms. The lowest BCUT2D eigenvalue weighted by molar-refractivity contribution is -0.199. The van der Waals surface area contributed by atoms with E-state index in [9.17, 15) is 14.7 Å². The summed E-state index contributed by atoms with van der Waals surface area (Å²) >= 11 is 0. The van der Waals surface area contributed by atoms with Crippen molar-refractivity contribution in [1.82, 2.24) is 0 Å². The predicted octanol–water partition coefficient (Wildman–Crippen LogP) is 2.53. The van der Waals surface area contributed by atoms with Gasteiger partial charge in [-0.1, -0.05) is 6.08 Å². The van der Waals surface area contributed by atoms with E-state index in [1.165, 1.54) is 7.11 Å². The van der Waals surface area contributed by atoms with Gasteiger partial charge in [-0.2, -0.15) is 0 Å². The maximum Gasteiger partial charge on any atom is 0.330 e. The maximum absolute atomic E-state index is 12.5. The quantitative estimate of drug-likeness (QED) is 0.600. The van der Waals surface area contributed by atoms with Crippen molar-refractivity contribution >= 4 is 11.9 Å². The molecule has 0 aromatic carbocycles. The molecule has 0 radical (unpaired) electrons. The first-order chi connectivity index (χ1) is 10.8. The van der Waals surface area contributed by atoms with Crippen LogP contribution in [0.2, 0.25) is 0 Å². The second-order valence-electron chi connectivity index (χ2n) is 8.34. The third-order valence-electron chi connectivity index (χ3n) is 6.43. The number of esters is 1. The Labute approximate surface area is 136 Å². The van der Waals surface area contributed by atoms with Crippen LogP contribution in [0.1, 0.15) is 51.9 Å². The number of carboxylic acids is 1. The van der Waals surface area contributed by atoms with Gasteiger partial charge in [0.25, 0.3) is 0 Å². The van der Waals surface area contributed by atoms with Crippen LogP contribution in [-0.4, -0.2) is 35.9 Å². The molecular weight excluding hydrogens is 296 g/mol. The molecule has 0 amide bonds. The lowest BCUT2D eigenvalue weighted by Gasteiger charge is -2.65. The summed E-state index contributed by atoms with van der Waals surface area (Å²) in [6.45, 7) is 1.71. The largest absolute Gasteiger partial charge is 0.478 e. The predicted molar refractivity (Wildman–Crippen MR) is 83.6 cm³/mol. The van der Waals surface area contributed by atoms with Gasteiger partial charge in [0.15, 0.2) is 0 Å². The zero-order chi connectivity index (χ0) is 16.9. The van der Waals surface area contributed by atoms with Crippen LogP contribution in [0.3, 0.4) is 0 Å². The van der Waals surface area contributed by atoms with E-state index in [-0.39, 0.29) is 23.4 Å². The molecule has 4 aliphatic carbocycles. The molecule has 4 saturated carbocycles. The van der Waals surface area contributed by atoms with Crippen molar-refractivity contribution in [3.05, 3.63) is 11.6 Å². The van der Waals surface area contributed by atoms with Gasteiger partial charge >= 0.3 is 11.9 Å². The molecule has 5 nitrogen and oxygen atoms in total. The summed E-state index contributed by atoms with van der Waals surface area (Å²) in [5.41, 5.74) is -0.404. The van der Waals surface area contributed by atoms with Gasteiger partial charge in [-0.25, -0.2) is 4.79 Å². The van der Waals surface area contributed by atoms with Crippen LogP contribution in [0.15, 0.2) is 11.6 Å². The second-order valence-corrected chi connectivity index (χ2v) is 8.34. The molecule has 0 heterocycles. The zero-order valence-electron chi connectivity index (χ0n) is 13.9. The summed E-state index contributed by atoms with van der Waals surface area (Å²) in [4.78, 5) is 23.6. The Morgan fingerprint density at radius 1 is 1.17 bits per heavy atom. The number of aliphatic hydroxyl groups is 1. The summed E-state index contributed by atoms with van der Waals surface area (Å²) < 4.78 is 5.10. The van der Waals surface area contributed by atoms with Crippen molar-refractivity contribution in [1.29, 1.82) is 0 Å². The van der Waals surface area contributed by atoms with E-state index in [0.717, 1.165) is 32.1 Å². The van der Waals surface area contributed by atoms with Crippen LogP contribution < -0.4 is 0 Å². The average molecular weight is 322 g/mol. The summed E-state index contributed by atoms with van der Waals surface area (Å²) in [6, 6.07) is 0. The summed E-state index contributed by atoms with van der Waals surface area (Å²) in [7, 11) is 1.44. The molecule has 0 aliphatic heterocycles. The number of aliphatic carboxylic acids is 1. The number of aliphatic hydroxyl groups excluding tert-OH is 1. The Bertz CT molecular complexity index is 568.